The van der Waals surface area contributed by atoms with E-state index in [1.165, 1.54) is 15.8 Å². The Hall–Kier alpha value is -2.12. The quantitative estimate of drug-likeness (QED) is 0.733. The van der Waals surface area contributed by atoms with Gasteiger partial charge in [0.05, 0.1) is 12.7 Å². The SMILES string of the molecule is CCN(C)C(=O)NCCn1cc(C(=O)O)nn1. The van der Waals surface area contributed by atoms with Crippen molar-refractivity contribution < 1.29 is 14.7 Å². The Morgan fingerprint density at radius 3 is 2.82 bits per heavy atom. The van der Waals surface area contributed by atoms with Crippen molar-refractivity contribution in [2.75, 3.05) is 20.1 Å². The maximum atomic E-state index is 11.4. The summed E-state index contributed by atoms with van der Waals surface area (Å²) in [6.45, 7) is 3.24. The Morgan fingerprint density at radius 2 is 2.29 bits per heavy atom. The Balaban J connectivity index is 2.35. The summed E-state index contributed by atoms with van der Waals surface area (Å²) >= 11 is 0. The fourth-order valence-corrected chi connectivity index (χ4v) is 1.06. The van der Waals surface area contributed by atoms with Crippen molar-refractivity contribution in [1.82, 2.24) is 25.2 Å². The summed E-state index contributed by atoms with van der Waals surface area (Å²) in [6.07, 6.45) is 1.32. The number of carbonyl (C=O) groups is 2. The van der Waals surface area contributed by atoms with Gasteiger partial charge < -0.3 is 15.3 Å². The largest absolute Gasteiger partial charge is 0.476 e. The second kappa shape index (κ2) is 5.83. The van der Waals surface area contributed by atoms with Crippen molar-refractivity contribution >= 4 is 12.0 Å². The predicted molar refractivity (Wildman–Crippen MR) is 58.7 cm³/mol. The summed E-state index contributed by atoms with van der Waals surface area (Å²) in [4.78, 5) is 23.4. The number of hydrogen-bond acceptors (Lipinski definition) is 4. The van der Waals surface area contributed by atoms with E-state index in [9.17, 15) is 9.59 Å². The number of aromatic carboxylic acids is 1. The summed E-state index contributed by atoms with van der Waals surface area (Å²) < 4.78 is 1.37. The lowest BCUT2D eigenvalue weighted by Crippen LogP contribution is -2.38. The van der Waals surface area contributed by atoms with E-state index in [0.29, 0.717) is 19.6 Å². The van der Waals surface area contributed by atoms with Crippen molar-refractivity contribution in [3.63, 3.8) is 0 Å². The summed E-state index contributed by atoms with van der Waals surface area (Å²) in [5.41, 5.74) is -0.109. The monoisotopic (exact) mass is 241 g/mol. The first-order valence-corrected chi connectivity index (χ1v) is 5.17. The number of carboxylic acid groups (broad SMARTS) is 1. The highest BCUT2D eigenvalue weighted by atomic mass is 16.4. The van der Waals surface area contributed by atoms with Crippen LogP contribution in [-0.2, 0) is 6.54 Å². The summed E-state index contributed by atoms with van der Waals surface area (Å²) in [7, 11) is 1.69. The minimum atomic E-state index is -1.12. The summed E-state index contributed by atoms with van der Waals surface area (Å²) in [6, 6.07) is -0.175. The molecule has 0 aliphatic carbocycles. The number of carbonyl (C=O) groups excluding carboxylic acids is 1. The maximum absolute atomic E-state index is 11.4. The molecule has 0 saturated heterocycles. The van der Waals surface area contributed by atoms with Gasteiger partial charge in [0.25, 0.3) is 0 Å². The molecule has 0 unspecified atom stereocenters. The molecule has 0 radical (unpaired) electrons. The number of nitrogens with zero attached hydrogens (tertiary/aromatic N) is 4. The molecule has 0 bridgehead atoms. The van der Waals surface area contributed by atoms with Crippen LogP contribution in [0.15, 0.2) is 6.20 Å². The van der Waals surface area contributed by atoms with E-state index in [2.05, 4.69) is 15.6 Å². The maximum Gasteiger partial charge on any atom is 0.358 e. The molecular formula is C9H15N5O3. The number of nitrogens with one attached hydrogen (secondary N) is 1. The standard InChI is InChI=1S/C9H15N5O3/c1-3-13(2)9(17)10-4-5-14-6-7(8(15)16)11-12-14/h6H,3-5H2,1-2H3,(H,10,17)(H,15,16). The van der Waals surface area contributed by atoms with E-state index < -0.39 is 5.97 Å². The van der Waals surface area contributed by atoms with Gasteiger partial charge in [-0.1, -0.05) is 5.21 Å². The number of aromatic nitrogens is 3. The Morgan fingerprint density at radius 1 is 1.59 bits per heavy atom. The van der Waals surface area contributed by atoms with Crippen LogP contribution in [-0.4, -0.2) is 57.1 Å². The lowest BCUT2D eigenvalue weighted by atomic mass is 10.5. The number of hydrogen-bond donors (Lipinski definition) is 2. The average Bonchev–Trinajstić information content (AvgIpc) is 2.76. The van der Waals surface area contributed by atoms with Gasteiger partial charge in [0.2, 0.25) is 0 Å². The van der Waals surface area contributed by atoms with E-state index in [1.807, 2.05) is 6.92 Å². The highest BCUT2D eigenvalue weighted by molar-refractivity contribution is 5.84. The minimum Gasteiger partial charge on any atom is -0.476 e. The summed E-state index contributed by atoms with van der Waals surface area (Å²) in [5.74, 6) is -1.12. The zero-order valence-electron chi connectivity index (χ0n) is 9.75. The van der Waals surface area contributed by atoms with Crippen LogP contribution in [0.4, 0.5) is 4.79 Å². The topological polar surface area (TPSA) is 100 Å². The van der Waals surface area contributed by atoms with Crippen LogP contribution in [0.5, 0.6) is 0 Å². The van der Waals surface area contributed by atoms with Crippen molar-refractivity contribution in [2.24, 2.45) is 0 Å². The van der Waals surface area contributed by atoms with Gasteiger partial charge in [-0.3, -0.25) is 0 Å². The molecule has 0 aromatic carbocycles. The zero-order valence-corrected chi connectivity index (χ0v) is 9.75. The molecule has 17 heavy (non-hydrogen) atoms. The van der Waals surface area contributed by atoms with Crippen LogP contribution >= 0.6 is 0 Å². The molecule has 0 aliphatic heterocycles. The molecule has 1 aromatic rings. The normalized spacial score (nSPS) is 10.0. The molecule has 1 aromatic heterocycles. The first-order valence-electron chi connectivity index (χ1n) is 5.17. The Kier molecular flexibility index (Phi) is 4.44. The van der Waals surface area contributed by atoms with Gasteiger partial charge in [-0.05, 0) is 6.92 Å². The number of amides is 2. The molecule has 0 atom stereocenters. The van der Waals surface area contributed by atoms with Gasteiger partial charge >= 0.3 is 12.0 Å². The molecule has 0 spiro atoms. The molecule has 2 N–H and O–H groups in total. The van der Waals surface area contributed by atoms with Crippen LogP contribution in [0.25, 0.3) is 0 Å². The van der Waals surface area contributed by atoms with E-state index in [1.54, 1.807) is 7.05 Å². The molecule has 1 rings (SSSR count). The zero-order chi connectivity index (χ0) is 12.8. The molecular weight excluding hydrogens is 226 g/mol. The molecule has 8 heteroatoms. The van der Waals surface area contributed by atoms with Crippen LogP contribution in [0.2, 0.25) is 0 Å². The van der Waals surface area contributed by atoms with Crippen LogP contribution < -0.4 is 5.32 Å². The average molecular weight is 241 g/mol. The van der Waals surface area contributed by atoms with E-state index in [-0.39, 0.29) is 11.7 Å². The van der Waals surface area contributed by atoms with Crippen LogP contribution in [0, 0.1) is 0 Å². The van der Waals surface area contributed by atoms with E-state index in [0.717, 1.165) is 0 Å². The third-order valence-corrected chi connectivity index (χ3v) is 2.20. The van der Waals surface area contributed by atoms with Gasteiger partial charge in [0.15, 0.2) is 5.69 Å². The van der Waals surface area contributed by atoms with Gasteiger partial charge in [-0.2, -0.15) is 0 Å². The Labute approximate surface area is 98.2 Å². The Bertz CT molecular complexity index is 403. The fourth-order valence-electron chi connectivity index (χ4n) is 1.06. The molecule has 0 fully saturated rings. The van der Waals surface area contributed by atoms with E-state index >= 15 is 0 Å². The van der Waals surface area contributed by atoms with Crippen LogP contribution in [0.1, 0.15) is 17.4 Å². The van der Waals surface area contributed by atoms with Crippen molar-refractivity contribution in [3.05, 3.63) is 11.9 Å². The third-order valence-electron chi connectivity index (χ3n) is 2.20. The first kappa shape index (κ1) is 12.9. The van der Waals surface area contributed by atoms with Gasteiger partial charge in [0.1, 0.15) is 0 Å². The molecule has 0 aliphatic rings. The highest BCUT2D eigenvalue weighted by Gasteiger charge is 2.08. The molecule has 2 amide bonds. The second-order valence-electron chi connectivity index (χ2n) is 3.42. The molecule has 94 valence electrons. The number of rotatable bonds is 5. The van der Waals surface area contributed by atoms with Gasteiger partial charge in [-0.25, -0.2) is 14.3 Å². The van der Waals surface area contributed by atoms with Crippen molar-refractivity contribution in [2.45, 2.75) is 13.5 Å². The van der Waals surface area contributed by atoms with Gasteiger partial charge in [-0.15, -0.1) is 5.10 Å². The molecule has 0 saturated carbocycles. The first-order chi connectivity index (χ1) is 8.04. The predicted octanol–water partition coefficient (Wildman–Crippen LogP) is -0.362. The van der Waals surface area contributed by atoms with Gasteiger partial charge in [0, 0.05) is 20.1 Å². The van der Waals surface area contributed by atoms with Crippen LogP contribution in [0.3, 0.4) is 0 Å². The molecule has 1 heterocycles. The fraction of sp³-hybridized carbons (Fsp3) is 0.556. The number of urea groups is 1. The lowest BCUT2D eigenvalue weighted by Gasteiger charge is -2.15. The highest BCUT2D eigenvalue weighted by Crippen LogP contribution is 1.92. The van der Waals surface area contributed by atoms with Crippen molar-refractivity contribution in [3.8, 4) is 0 Å². The third kappa shape index (κ3) is 3.74. The van der Waals surface area contributed by atoms with E-state index in [4.69, 9.17) is 5.11 Å². The summed E-state index contributed by atoms with van der Waals surface area (Å²) in [5, 5.41) is 18.4. The smallest absolute Gasteiger partial charge is 0.358 e. The minimum absolute atomic E-state index is 0.109. The lowest BCUT2D eigenvalue weighted by molar-refractivity contribution is 0.0690. The second-order valence-corrected chi connectivity index (χ2v) is 3.42. The van der Waals surface area contributed by atoms with Crippen molar-refractivity contribution in [1.29, 1.82) is 0 Å². The molecule has 8 nitrogen and oxygen atoms in total. The number of carboxylic acids is 1.